The van der Waals surface area contributed by atoms with E-state index in [1.54, 1.807) is 54.6 Å². The lowest BCUT2D eigenvalue weighted by molar-refractivity contribution is 0.601. The molecule has 0 aliphatic rings. The number of sulfonamides is 1. The standard InChI is InChI=1S/C20H16N2O3S/c1-13-6-9-15(10-7-13)26(24,25)22-14-8-11-19-17(12-14)20(23)16-4-2-3-5-18(16)21-19/h2-12,22H,1H3,(H,21,23). The van der Waals surface area contributed by atoms with E-state index < -0.39 is 10.0 Å². The minimum Gasteiger partial charge on any atom is -0.354 e. The molecule has 0 unspecified atom stereocenters. The molecule has 0 atom stereocenters. The number of para-hydroxylation sites is 1. The number of hydrogen-bond donors (Lipinski definition) is 2. The molecule has 0 aliphatic carbocycles. The van der Waals surface area contributed by atoms with Gasteiger partial charge in [-0.15, -0.1) is 0 Å². The molecule has 0 bridgehead atoms. The van der Waals surface area contributed by atoms with Gasteiger partial charge in [0.2, 0.25) is 0 Å². The second-order valence-electron chi connectivity index (χ2n) is 6.18. The van der Waals surface area contributed by atoms with Gasteiger partial charge in [-0.05, 0) is 49.4 Å². The van der Waals surface area contributed by atoms with E-state index in [0.29, 0.717) is 22.0 Å². The quantitative estimate of drug-likeness (QED) is 0.543. The minimum absolute atomic E-state index is 0.134. The summed E-state index contributed by atoms with van der Waals surface area (Å²) in [5.41, 5.74) is 2.60. The summed E-state index contributed by atoms with van der Waals surface area (Å²) in [6.45, 7) is 1.89. The SMILES string of the molecule is Cc1ccc(S(=O)(=O)Nc2ccc3[nH]c4ccccc4c(=O)c3c2)cc1. The third-order valence-electron chi connectivity index (χ3n) is 4.29. The zero-order valence-corrected chi connectivity index (χ0v) is 14.8. The van der Waals surface area contributed by atoms with E-state index in [4.69, 9.17) is 0 Å². The number of rotatable bonds is 3. The number of anilines is 1. The van der Waals surface area contributed by atoms with Crippen LogP contribution in [-0.4, -0.2) is 13.4 Å². The normalized spacial score (nSPS) is 11.7. The molecule has 0 fully saturated rings. The molecule has 1 heterocycles. The van der Waals surface area contributed by atoms with Crippen LogP contribution in [0.3, 0.4) is 0 Å². The van der Waals surface area contributed by atoms with Crippen molar-refractivity contribution in [2.24, 2.45) is 0 Å². The van der Waals surface area contributed by atoms with Crippen molar-refractivity contribution in [3.05, 3.63) is 82.5 Å². The molecule has 0 amide bonds. The lowest BCUT2D eigenvalue weighted by Crippen LogP contribution is -2.13. The Morgan fingerprint density at radius 2 is 1.54 bits per heavy atom. The highest BCUT2D eigenvalue weighted by Gasteiger charge is 2.15. The number of aryl methyl sites for hydroxylation is 1. The Morgan fingerprint density at radius 1 is 0.846 bits per heavy atom. The minimum atomic E-state index is -3.72. The number of H-pyrrole nitrogens is 1. The first-order chi connectivity index (χ1) is 12.4. The van der Waals surface area contributed by atoms with E-state index in [0.717, 1.165) is 11.1 Å². The average Bonchev–Trinajstić information content (AvgIpc) is 2.63. The molecule has 0 radical (unpaired) electrons. The van der Waals surface area contributed by atoms with Crippen LogP contribution in [0, 0.1) is 6.92 Å². The van der Waals surface area contributed by atoms with E-state index in [9.17, 15) is 13.2 Å². The van der Waals surface area contributed by atoms with Crippen LogP contribution < -0.4 is 10.2 Å². The van der Waals surface area contributed by atoms with Gasteiger partial charge in [-0.1, -0.05) is 29.8 Å². The maximum absolute atomic E-state index is 12.7. The Kier molecular flexibility index (Phi) is 3.77. The van der Waals surface area contributed by atoms with Crippen molar-refractivity contribution in [2.75, 3.05) is 4.72 Å². The molecule has 0 saturated carbocycles. The molecule has 2 N–H and O–H groups in total. The third kappa shape index (κ3) is 2.84. The average molecular weight is 364 g/mol. The van der Waals surface area contributed by atoms with Crippen molar-refractivity contribution < 1.29 is 8.42 Å². The molecule has 130 valence electrons. The van der Waals surface area contributed by atoms with Crippen LogP contribution >= 0.6 is 0 Å². The van der Waals surface area contributed by atoms with Gasteiger partial charge in [0, 0.05) is 27.5 Å². The summed E-state index contributed by atoms with van der Waals surface area (Å²) >= 11 is 0. The number of aromatic nitrogens is 1. The van der Waals surface area contributed by atoms with Crippen molar-refractivity contribution >= 4 is 37.5 Å². The number of hydrogen-bond acceptors (Lipinski definition) is 3. The highest BCUT2D eigenvalue weighted by atomic mass is 32.2. The van der Waals surface area contributed by atoms with E-state index in [1.165, 1.54) is 0 Å². The Bertz CT molecular complexity index is 1290. The Hall–Kier alpha value is -3.12. The fraction of sp³-hybridized carbons (Fsp3) is 0.0500. The molecule has 5 nitrogen and oxygen atoms in total. The number of fused-ring (bicyclic) bond motifs is 2. The summed E-state index contributed by atoms with van der Waals surface area (Å²) in [5.74, 6) is 0. The van der Waals surface area contributed by atoms with Gasteiger partial charge in [0.25, 0.3) is 10.0 Å². The van der Waals surface area contributed by atoms with Gasteiger partial charge in [-0.3, -0.25) is 9.52 Å². The summed E-state index contributed by atoms with van der Waals surface area (Å²) in [7, 11) is -3.72. The van der Waals surface area contributed by atoms with Crippen LogP contribution in [0.1, 0.15) is 5.56 Å². The largest absolute Gasteiger partial charge is 0.354 e. The van der Waals surface area contributed by atoms with Crippen molar-refractivity contribution in [3.8, 4) is 0 Å². The summed E-state index contributed by atoms with van der Waals surface area (Å²) in [4.78, 5) is 16.1. The van der Waals surface area contributed by atoms with Crippen molar-refractivity contribution in [1.29, 1.82) is 0 Å². The maximum Gasteiger partial charge on any atom is 0.261 e. The summed E-state index contributed by atoms with van der Waals surface area (Å²) in [6, 6.07) is 18.7. The highest BCUT2D eigenvalue weighted by molar-refractivity contribution is 7.92. The lowest BCUT2D eigenvalue weighted by atomic mass is 10.1. The van der Waals surface area contributed by atoms with Gasteiger partial charge < -0.3 is 4.98 Å². The third-order valence-corrected chi connectivity index (χ3v) is 5.69. The highest BCUT2D eigenvalue weighted by Crippen LogP contribution is 2.21. The number of benzene rings is 3. The summed E-state index contributed by atoms with van der Waals surface area (Å²) < 4.78 is 27.6. The summed E-state index contributed by atoms with van der Waals surface area (Å²) in [6.07, 6.45) is 0. The zero-order chi connectivity index (χ0) is 18.3. The molecular formula is C20H16N2O3S. The number of pyridine rings is 1. The topological polar surface area (TPSA) is 79.0 Å². The van der Waals surface area contributed by atoms with Gasteiger partial charge in [0.15, 0.2) is 5.43 Å². The first kappa shape index (κ1) is 16.4. The van der Waals surface area contributed by atoms with E-state index in [-0.39, 0.29) is 10.3 Å². The number of aromatic amines is 1. The molecule has 4 aromatic rings. The molecule has 4 rings (SSSR count). The second-order valence-corrected chi connectivity index (χ2v) is 7.86. The van der Waals surface area contributed by atoms with Gasteiger partial charge >= 0.3 is 0 Å². The van der Waals surface area contributed by atoms with Crippen LogP contribution in [-0.2, 0) is 10.0 Å². The predicted molar refractivity (Wildman–Crippen MR) is 104 cm³/mol. The molecule has 26 heavy (non-hydrogen) atoms. The predicted octanol–water partition coefficient (Wildman–Crippen LogP) is 3.79. The van der Waals surface area contributed by atoms with Crippen LogP contribution in [0.25, 0.3) is 21.8 Å². The van der Waals surface area contributed by atoms with E-state index in [1.807, 2.05) is 19.1 Å². The van der Waals surface area contributed by atoms with E-state index in [2.05, 4.69) is 9.71 Å². The van der Waals surface area contributed by atoms with E-state index >= 15 is 0 Å². The first-order valence-corrected chi connectivity index (χ1v) is 9.57. The van der Waals surface area contributed by atoms with Crippen molar-refractivity contribution in [3.63, 3.8) is 0 Å². The molecular weight excluding hydrogens is 348 g/mol. The van der Waals surface area contributed by atoms with Gasteiger partial charge in [0.05, 0.1) is 4.90 Å². The Labute approximate surface area is 150 Å². The fourth-order valence-electron chi connectivity index (χ4n) is 2.92. The van der Waals surface area contributed by atoms with Crippen LogP contribution in [0.5, 0.6) is 0 Å². The van der Waals surface area contributed by atoms with Gasteiger partial charge in [-0.2, -0.15) is 0 Å². The second kappa shape index (κ2) is 6.00. The van der Waals surface area contributed by atoms with Crippen LogP contribution in [0.4, 0.5) is 5.69 Å². The van der Waals surface area contributed by atoms with Gasteiger partial charge in [0.1, 0.15) is 0 Å². The molecule has 3 aromatic carbocycles. The maximum atomic E-state index is 12.7. The van der Waals surface area contributed by atoms with Crippen LogP contribution in [0.15, 0.2) is 76.4 Å². The number of nitrogens with one attached hydrogen (secondary N) is 2. The van der Waals surface area contributed by atoms with Crippen molar-refractivity contribution in [2.45, 2.75) is 11.8 Å². The zero-order valence-electron chi connectivity index (χ0n) is 14.0. The molecule has 0 aliphatic heterocycles. The Morgan fingerprint density at radius 3 is 2.31 bits per heavy atom. The molecule has 0 spiro atoms. The molecule has 0 saturated heterocycles. The molecule has 1 aromatic heterocycles. The Balaban J connectivity index is 1.80. The van der Waals surface area contributed by atoms with Gasteiger partial charge in [-0.25, -0.2) is 8.42 Å². The van der Waals surface area contributed by atoms with Crippen molar-refractivity contribution in [1.82, 2.24) is 4.98 Å². The smallest absolute Gasteiger partial charge is 0.261 e. The lowest BCUT2D eigenvalue weighted by Gasteiger charge is -2.10. The van der Waals surface area contributed by atoms with Crippen LogP contribution in [0.2, 0.25) is 0 Å². The monoisotopic (exact) mass is 364 g/mol. The first-order valence-electron chi connectivity index (χ1n) is 8.08. The molecule has 6 heteroatoms. The summed E-state index contributed by atoms with van der Waals surface area (Å²) in [5, 5.41) is 1.01. The fourth-order valence-corrected chi connectivity index (χ4v) is 3.97.